The fourth-order valence-electron chi connectivity index (χ4n) is 7.16. The van der Waals surface area contributed by atoms with Crippen molar-refractivity contribution in [1.82, 2.24) is 0 Å². The summed E-state index contributed by atoms with van der Waals surface area (Å²) in [4.78, 5) is 0. The number of hydrogen-bond acceptors (Lipinski definition) is 2. The second-order valence-corrected chi connectivity index (χ2v) is 14.5. The van der Waals surface area contributed by atoms with Crippen LogP contribution < -0.4 is 9.47 Å². The summed E-state index contributed by atoms with van der Waals surface area (Å²) in [6, 6.07) is 35.1. The molecule has 0 radical (unpaired) electrons. The number of ether oxygens (including phenoxy) is 2. The fraction of sp³-hybridized carbons (Fsp3) is 0.500. The maximum absolute atomic E-state index is 6.38. The van der Waals surface area contributed by atoms with Gasteiger partial charge < -0.3 is 9.47 Å². The molecular weight excluding hydrogens is 609 g/mol. The van der Waals surface area contributed by atoms with Crippen LogP contribution in [-0.2, 0) is 0 Å². The van der Waals surface area contributed by atoms with E-state index >= 15 is 0 Å². The van der Waals surface area contributed by atoms with E-state index in [1.54, 1.807) is 0 Å². The lowest BCUT2D eigenvalue weighted by Crippen LogP contribution is -2.12. The molecule has 2 nitrogen and oxygen atoms in total. The van der Waals surface area contributed by atoms with Gasteiger partial charge in [-0.1, -0.05) is 178 Å². The quantitative estimate of drug-likeness (QED) is 0.0651. The third-order valence-corrected chi connectivity index (χ3v) is 10.3. The molecule has 4 rings (SSSR count). The first kappa shape index (κ1) is 39.3. The molecule has 0 aliphatic carbocycles. The average Bonchev–Trinajstić information content (AvgIpc) is 3.17. The van der Waals surface area contributed by atoms with Gasteiger partial charge in [0, 0.05) is 0 Å². The molecule has 0 saturated carbocycles. The minimum absolute atomic E-state index is 0.646. The second kappa shape index (κ2) is 23.0. The zero-order valence-electron chi connectivity index (χ0n) is 31.9. The summed E-state index contributed by atoms with van der Waals surface area (Å²) in [5.41, 5.74) is 7.37. The summed E-state index contributed by atoms with van der Waals surface area (Å²) in [5, 5.41) is 0. The molecule has 2 heteroatoms. The first-order valence-corrected chi connectivity index (χ1v) is 20.3. The predicted octanol–water partition coefficient (Wildman–Crippen LogP) is 15.0. The average molecular weight is 675 g/mol. The Balaban J connectivity index is 1.44. The van der Waals surface area contributed by atoms with Gasteiger partial charge in [-0.05, 0) is 95.2 Å². The van der Waals surface area contributed by atoms with Crippen molar-refractivity contribution in [2.45, 2.75) is 130 Å². The van der Waals surface area contributed by atoms with Crippen molar-refractivity contribution >= 4 is 0 Å². The van der Waals surface area contributed by atoms with Crippen LogP contribution >= 0.6 is 0 Å². The van der Waals surface area contributed by atoms with Gasteiger partial charge in [-0.15, -0.1) is 0 Å². The molecule has 2 unspecified atom stereocenters. The van der Waals surface area contributed by atoms with Crippen molar-refractivity contribution in [3.63, 3.8) is 0 Å². The molecule has 0 N–H and O–H groups in total. The highest BCUT2D eigenvalue weighted by molar-refractivity contribution is 5.91. The van der Waals surface area contributed by atoms with E-state index in [1.807, 2.05) is 0 Å². The Morgan fingerprint density at radius 1 is 0.360 bits per heavy atom. The summed E-state index contributed by atoms with van der Waals surface area (Å²) in [5.74, 6) is 3.23. The minimum atomic E-state index is 0.646. The van der Waals surface area contributed by atoms with E-state index in [2.05, 4.69) is 125 Å². The molecule has 0 spiro atoms. The molecule has 4 aromatic carbocycles. The lowest BCUT2D eigenvalue weighted by molar-refractivity contribution is 0.225. The van der Waals surface area contributed by atoms with E-state index in [1.165, 1.54) is 136 Å². The van der Waals surface area contributed by atoms with Crippen molar-refractivity contribution in [3.8, 4) is 44.9 Å². The predicted molar refractivity (Wildman–Crippen MR) is 217 cm³/mol. The molecule has 4 aromatic rings. The van der Waals surface area contributed by atoms with Crippen LogP contribution in [0.25, 0.3) is 33.4 Å². The van der Waals surface area contributed by atoms with E-state index in [-0.39, 0.29) is 0 Å². The van der Waals surface area contributed by atoms with Crippen molar-refractivity contribution in [3.05, 3.63) is 97.1 Å². The lowest BCUT2D eigenvalue weighted by Gasteiger charge is -2.18. The van der Waals surface area contributed by atoms with E-state index in [9.17, 15) is 0 Å². The van der Waals surface area contributed by atoms with Gasteiger partial charge in [0.25, 0.3) is 0 Å². The molecular formula is C48H66O2. The minimum Gasteiger partial charge on any atom is -0.493 e. The van der Waals surface area contributed by atoms with E-state index in [4.69, 9.17) is 9.47 Å². The maximum Gasteiger partial charge on any atom is 0.119 e. The summed E-state index contributed by atoms with van der Waals surface area (Å²) in [6.07, 6.45) is 20.8. The highest BCUT2D eigenvalue weighted by atomic mass is 16.5. The molecule has 0 saturated heterocycles. The molecule has 0 aromatic heterocycles. The topological polar surface area (TPSA) is 18.5 Å². The van der Waals surface area contributed by atoms with Gasteiger partial charge in [0.1, 0.15) is 11.5 Å². The van der Waals surface area contributed by atoms with Crippen molar-refractivity contribution in [2.75, 3.05) is 13.2 Å². The fourth-order valence-corrected chi connectivity index (χ4v) is 7.16. The first-order valence-electron chi connectivity index (χ1n) is 20.3. The van der Waals surface area contributed by atoms with Gasteiger partial charge in [0.05, 0.1) is 13.2 Å². The van der Waals surface area contributed by atoms with Crippen LogP contribution in [0.4, 0.5) is 0 Å². The molecule has 0 bridgehead atoms. The summed E-state index contributed by atoms with van der Waals surface area (Å²) >= 11 is 0. The molecule has 2 atom stereocenters. The molecule has 270 valence electrons. The van der Waals surface area contributed by atoms with Crippen LogP contribution in [0.2, 0.25) is 0 Å². The van der Waals surface area contributed by atoms with Crippen molar-refractivity contribution in [1.29, 1.82) is 0 Å². The van der Waals surface area contributed by atoms with Crippen LogP contribution in [0.15, 0.2) is 97.1 Å². The second-order valence-electron chi connectivity index (χ2n) is 14.5. The van der Waals surface area contributed by atoms with E-state index in [0.29, 0.717) is 11.8 Å². The third kappa shape index (κ3) is 13.0. The Bertz CT molecular complexity index is 1340. The first-order chi connectivity index (χ1) is 24.7. The van der Waals surface area contributed by atoms with Gasteiger partial charge in [0.2, 0.25) is 0 Å². The standard InChI is InChI=1S/C48H66O2/c1-5-9-13-15-23-39(21-11-7-3)37-49-43-33-29-41(30-34-43)45-25-17-19-27-47(45)48-28-20-18-26-46(48)42-31-35-44(36-32-42)50-38-40(22-12-8-4)24-16-14-10-6-2/h17-20,25-36,39-40H,5-16,21-24,37-38H2,1-4H3. The number of rotatable bonds is 25. The summed E-state index contributed by atoms with van der Waals surface area (Å²) in [6.45, 7) is 10.8. The van der Waals surface area contributed by atoms with Crippen LogP contribution in [0.5, 0.6) is 11.5 Å². The normalized spacial score (nSPS) is 12.5. The Labute approximate surface area is 306 Å². The molecule has 0 aliphatic heterocycles. The number of unbranched alkanes of at least 4 members (excludes halogenated alkanes) is 8. The highest BCUT2D eigenvalue weighted by Gasteiger charge is 2.14. The lowest BCUT2D eigenvalue weighted by atomic mass is 9.89. The van der Waals surface area contributed by atoms with Crippen LogP contribution in [-0.4, -0.2) is 13.2 Å². The Hall–Kier alpha value is -3.52. The van der Waals surface area contributed by atoms with Crippen molar-refractivity contribution < 1.29 is 9.47 Å². The Kier molecular flexibility index (Phi) is 18.1. The molecule has 0 heterocycles. The smallest absolute Gasteiger partial charge is 0.119 e. The maximum atomic E-state index is 6.38. The van der Waals surface area contributed by atoms with E-state index < -0.39 is 0 Å². The summed E-state index contributed by atoms with van der Waals surface area (Å²) < 4.78 is 12.8. The molecule has 0 amide bonds. The van der Waals surface area contributed by atoms with Gasteiger partial charge in [-0.25, -0.2) is 0 Å². The highest BCUT2D eigenvalue weighted by Crippen LogP contribution is 2.39. The van der Waals surface area contributed by atoms with Crippen LogP contribution in [0.1, 0.15) is 130 Å². The van der Waals surface area contributed by atoms with Gasteiger partial charge in [-0.3, -0.25) is 0 Å². The molecule has 50 heavy (non-hydrogen) atoms. The Morgan fingerprint density at radius 2 is 0.700 bits per heavy atom. The van der Waals surface area contributed by atoms with Crippen LogP contribution in [0.3, 0.4) is 0 Å². The SMILES string of the molecule is CCCCCCC(CCCC)COc1ccc(-c2ccccc2-c2ccccc2-c2ccc(OCC(CCCC)CCCCCC)cc2)cc1. The zero-order chi connectivity index (χ0) is 35.2. The molecule has 0 fully saturated rings. The van der Waals surface area contributed by atoms with Gasteiger partial charge in [0.15, 0.2) is 0 Å². The monoisotopic (exact) mass is 675 g/mol. The summed E-state index contributed by atoms with van der Waals surface area (Å²) in [7, 11) is 0. The van der Waals surface area contributed by atoms with Crippen molar-refractivity contribution in [2.24, 2.45) is 11.8 Å². The zero-order valence-corrected chi connectivity index (χ0v) is 31.9. The Morgan fingerprint density at radius 3 is 1.06 bits per heavy atom. The number of benzene rings is 4. The molecule has 0 aliphatic rings. The van der Waals surface area contributed by atoms with E-state index in [0.717, 1.165) is 24.7 Å². The van der Waals surface area contributed by atoms with Gasteiger partial charge in [-0.2, -0.15) is 0 Å². The van der Waals surface area contributed by atoms with Gasteiger partial charge >= 0.3 is 0 Å². The third-order valence-electron chi connectivity index (χ3n) is 10.3. The van der Waals surface area contributed by atoms with Crippen LogP contribution in [0, 0.1) is 11.8 Å². The largest absolute Gasteiger partial charge is 0.493 e. The number of hydrogen-bond donors (Lipinski definition) is 0.